The van der Waals surface area contributed by atoms with Gasteiger partial charge in [0.2, 0.25) is 0 Å². The third-order valence-corrected chi connectivity index (χ3v) is 7.75. The first-order valence-corrected chi connectivity index (χ1v) is 12.2. The van der Waals surface area contributed by atoms with Crippen molar-refractivity contribution in [2.45, 2.75) is 24.3 Å². The van der Waals surface area contributed by atoms with E-state index in [2.05, 4.69) is 4.98 Å². The molecule has 0 N–H and O–H groups in total. The van der Waals surface area contributed by atoms with Crippen molar-refractivity contribution in [2.75, 3.05) is 18.3 Å². The first-order valence-electron chi connectivity index (χ1n) is 9.36. The number of pyridine rings is 1. The van der Waals surface area contributed by atoms with Gasteiger partial charge in [-0.2, -0.15) is 0 Å². The second kappa shape index (κ2) is 10.4. The summed E-state index contributed by atoms with van der Waals surface area (Å²) in [6, 6.07) is 21.8. The van der Waals surface area contributed by atoms with Gasteiger partial charge in [-0.15, -0.1) is 0 Å². The van der Waals surface area contributed by atoms with Crippen molar-refractivity contribution >= 4 is 36.4 Å². The predicted molar refractivity (Wildman–Crippen MR) is 117 cm³/mol. The number of carbonyl (C=O) groups is 1. The monoisotopic (exact) mass is 413 g/mol. The summed E-state index contributed by atoms with van der Waals surface area (Å²) in [6.07, 6.45) is 0.751. The molecule has 0 radical (unpaired) electrons. The van der Waals surface area contributed by atoms with Crippen LogP contribution in [0.15, 0.2) is 71.8 Å². The van der Waals surface area contributed by atoms with Crippen LogP contribution in [-0.4, -0.2) is 29.2 Å². The van der Waals surface area contributed by atoms with Crippen LogP contribution in [-0.2, 0) is 14.1 Å². The molecule has 0 aliphatic carbocycles. The van der Waals surface area contributed by atoms with Gasteiger partial charge in [0.05, 0.1) is 36.9 Å². The van der Waals surface area contributed by atoms with E-state index in [9.17, 15) is 9.36 Å². The highest BCUT2D eigenvalue weighted by atomic mass is 32.2. The number of thioether (sulfide) groups is 1. The van der Waals surface area contributed by atoms with Crippen molar-refractivity contribution in [2.24, 2.45) is 0 Å². The number of para-hydroxylation sites is 1. The molecule has 0 saturated heterocycles. The molecule has 0 bridgehead atoms. The van der Waals surface area contributed by atoms with E-state index in [1.54, 1.807) is 6.92 Å². The summed E-state index contributed by atoms with van der Waals surface area (Å²) in [4.78, 5) is 16.6. The van der Waals surface area contributed by atoms with E-state index in [1.165, 1.54) is 11.8 Å². The fraction of sp³-hybridized carbons (Fsp3) is 0.273. The predicted octanol–water partition coefficient (Wildman–Crippen LogP) is 5.58. The van der Waals surface area contributed by atoms with E-state index in [0.717, 1.165) is 21.5 Å². The van der Waals surface area contributed by atoms with Crippen LogP contribution in [0.4, 0.5) is 0 Å². The number of hydrogen-bond acceptors (Lipinski definition) is 5. The van der Waals surface area contributed by atoms with Crippen LogP contribution in [0.25, 0.3) is 10.9 Å². The number of fused-ring (bicyclic) bond motifs is 1. The van der Waals surface area contributed by atoms with Gasteiger partial charge in [-0.3, -0.25) is 4.79 Å². The minimum absolute atomic E-state index is 0.0863. The van der Waals surface area contributed by atoms with Gasteiger partial charge in [0.25, 0.3) is 0 Å². The summed E-state index contributed by atoms with van der Waals surface area (Å²) in [5, 5.41) is 1.97. The first kappa shape index (κ1) is 20.6. The molecule has 1 heterocycles. The standard InChI is InChI=1S/C22H24NO3PS/c1-2-26-22(24)14-19(17-8-4-3-5-9-17)15-27(25)16-28-21-13-12-18-10-6-7-11-20(18)23-21/h3-13,19,27H,2,14-16H2,1H3. The van der Waals surface area contributed by atoms with Crippen LogP contribution < -0.4 is 0 Å². The van der Waals surface area contributed by atoms with Crippen molar-refractivity contribution in [3.8, 4) is 0 Å². The van der Waals surface area contributed by atoms with Crippen LogP contribution in [0.2, 0.25) is 0 Å². The fourth-order valence-corrected chi connectivity index (χ4v) is 6.03. The molecule has 0 fully saturated rings. The number of rotatable bonds is 9. The Kier molecular flexibility index (Phi) is 7.70. The van der Waals surface area contributed by atoms with E-state index in [-0.39, 0.29) is 18.3 Å². The summed E-state index contributed by atoms with van der Waals surface area (Å²) in [5.41, 5.74) is 2.49. The van der Waals surface area contributed by atoms with Crippen LogP contribution >= 0.6 is 19.6 Å². The average molecular weight is 413 g/mol. The van der Waals surface area contributed by atoms with Crippen molar-refractivity contribution in [3.05, 3.63) is 72.3 Å². The Morgan fingerprint density at radius 3 is 2.61 bits per heavy atom. The Morgan fingerprint density at radius 2 is 1.82 bits per heavy atom. The SMILES string of the molecule is CCOC(=O)CC(C[PH](=O)CSc1ccc2ccccc2n1)c1ccccc1. The largest absolute Gasteiger partial charge is 0.466 e. The number of benzene rings is 2. The molecule has 3 rings (SSSR count). The van der Waals surface area contributed by atoms with Crippen LogP contribution in [0.3, 0.4) is 0 Å². The number of esters is 1. The zero-order valence-electron chi connectivity index (χ0n) is 15.8. The molecule has 4 nitrogen and oxygen atoms in total. The lowest BCUT2D eigenvalue weighted by atomic mass is 9.98. The number of aromatic nitrogens is 1. The number of hydrogen-bond donors (Lipinski definition) is 0. The lowest BCUT2D eigenvalue weighted by Gasteiger charge is -2.16. The molecule has 146 valence electrons. The zero-order valence-corrected chi connectivity index (χ0v) is 17.7. The Hall–Kier alpha value is -2.10. The molecule has 6 heteroatoms. The lowest BCUT2D eigenvalue weighted by Crippen LogP contribution is -2.12. The van der Waals surface area contributed by atoms with Gasteiger partial charge in [0.15, 0.2) is 0 Å². The smallest absolute Gasteiger partial charge is 0.306 e. The van der Waals surface area contributed by atoms with Gasteiger partial charge in [0, 0.05) is 17.5 Å². The molecular weight excluding hydrogens is 389 g/mol. The summed E-state index contributed by atoms with van der Waals surface area (Å²) in [7, 11) is -1.88. The third kappa shape index (κ3) is 5.95. The van der Waals surface area contributed by atoms with Crippen molar-refractivity contribution in [1.29, 1.82) is 0 Å². The quantitative estimate of drug-likeness (QED) is 0.260. The molecule has 2 unspecified atom stereocenters. The van der Waals surface area contributed by atoms with Gasteiger partial charge in [-0.1, -0.05) is 66.4 Å². The summed E-state index contributed by atoms with van der Waals surface area (Å²) in [5.74, 6) is -0.327. The molecule has 0 aliphatic rings. The van der Waals surface area contributed by atoms with Crippen LogP contribution in [0, 0.1) is 0 Å². The van der Waals surface area contributed by atoms with E-state index >= 15 is 0 Å². The summed E-state index contributed by atoms with van der Waals surface area (Å²) >= 11 is 1.52. The Morgan fingerprint density at radius 1 is 1.07 bits per heavy atom. The van der Waals surface area contributed by atoms with E-state index in [1.807, 2.05) is 66.7 Å². The molecule has 0 aliphatic heterocycles. The van der Waals surface area contributed by atoms with Crippen LogP contribution in [0.1, 0.15) is 24.8 Å². The van der Waals surface area contributed by atoms with E-state index in [4.69, 9.17) is 4.74 Å². The maximum absolute atomic E-state index is 12.8. The molecule has 1 aromatic heterocycles. The van der Waals surface area contributed by atoms with E-state index in [0.29, 0.717) is 18.3 Å². The molecular formula is C22H24NO3PS. The fourth-order valence-electron chi connectivity index (χ4n) is 3.07. The van der Waals surface area contributed by atoms with Gasteiger partial charge < -0.3 is 9.30 Å². The molecule has 2 atom stereocenters. The molecule has 0 saturated carbocycles. The van der Waals surface area contributed by atoms with Crippen molar-refractivity contribution in [1.82, 2.24) is 4.98 Å². The third-order valence-electron chi connectivity index (χ3n) is 4.42. The number of ether oxygens (including phenoxy) is 1. The first-order chi connectivity index (χ1) is 13.7. The second-order valence-electron chi connectivity index (χ2n) is 6.49. The van der Waals surface area contributed by atoms with Gasteiger partial charge in [0.1, 0.15) is 0 Å². The number of carbonyl (C=O) groups excluding carboxylic acids is 1. The summed E-state index contributed by atoms with van der Waals surface area (Å²) in [6.45, 7) is 2.16. The highest BCUT2D eigenvalue weighted by molar-refractivity contribution is 8.03. The van der Waals surface area contributed by atoms with Crippen molar-refractivity contribution in [3.63, 3.8) is 0 Å². The maximum atomic E-state index is 12.8. The highest BCUT2D eigenvalue weighted by Crippen LogP contribution is 2.37. The van der Waals surface area contributed by atoms with Gasteiger partial charge in [-0.05, 0) is 24.6 Å². The maximum Gasteiger partial charge on any atom is 0.306 e. The molecule has 28 heavy (non-hydrogen) atoms. The van der Waals surface area contributed by atoms with Gasteiger partial charge >= 0.3 is 5.97 Å². The zero-order chi connectivity index (χ0) is 19.8. The van der Waals surface area contributed by atoms with Crippen molar-refractivity contribution < 1.29 is 14.1 Å². The molecule has 3 aromatic rings. The normalized spacial score (nSPS) is 13.2. The summed E-state index contributed by atoms with van der Waals surface area (Å²) < 4.78 is 17.9. The van der Waals surface area contributed by atoms with Gasteiger partial charge in [-0.25, -0.2) is 4.98 Å². The number of nitrogens with zero attached hydrogens (tertiary/aromatic N) is 1. The highest BCUT2D eigenvalue weighted by Gasteiger charge is 2.19. The second-order valence-corrected chi connectivity index (χ2v) is 9.84. The average Bonchev–Trinajstić information content (AvgIpc) is 2.72. The Labute approximate surface area is 170 Å². The minimum Gasteiger partial charge on any atom is -0.466 e. The topological polar surface area (TPSA) is 56.3 Å². The molecule has 0 spiro atoms. The minimum atomic E-state index is -1.88. The Bertz CT molecular complexity index is 949. The van der Waals surface area contributed by atoms with Crippen LogP contribution in [0.5, 0.6) is 0 Å². The molecule has 0 amide bonds. The Balaban J connectivity index is 1.63. The molecule has 2 aromatic carbocycles. The lowest BCUT2D eigenvalue weighted by molar-refractivity contribution is -0.143. The van der Waals surface area contributed by atoms with E-state index < -0.39 is 7.80 Å².